The fourth-order valence-electron chi connectivity index (χ4n) is 1.66. The zero-order chi connectivity index (χ0) is 10.7. The molecule has 2 rings (SSSR count). The summed E-state index contributed by atoms with van der Waals surface area (Å²) >= 11 is 0. The lowest BCUT2D eigenvalue weighted by Crippen LogP contribution is -2.16. The van der Waals surface area contributed by atoms with Gasteiger partial charge in [-0.2, -0.15) is 0 Å². The van der Waals surface area contributed by atoms with E-state index in [0.29, 0.717) is 19.4 Å². The Balaban J connectivity index is 2.36. The smallest absolute Gasteiger partial charge is 0.306 e. The van der Waals surface area contributed by atoms with Crippen LogP contribution in [-0.2, 0) is 11.3 Å². The van der Waals surface area contributed by atoms with Crippen molar-refractivity contribution >= 4 is 17.3 Å². The van der Waals surface area contributed by atoms with Crippen LogP contribution in [0.3, 0.4) is 0 Å². The van der Waals surface area contributed by atoms with Crippen LogP contribution in [0.4, 0.5) is 0 Å². The summed E-state index contributed by atoms with van der Waals surface area (Å²) in [5.41, 5.74) is 1.63. The summed E-state index contributed by atoms with van der Waals surface area (Å²) in [5.74, 6) is 0. The van der Waals surface area contributed by atoms with Crippen molar-refractivity contribution in [3.05, 3.63) is 34.7 Å². The van der Waals surface area contributed by atoms with Gasteiger partial charge in [-0.25, -0.2) is 4.79 Å². The van der Waals surface area contributed by atoms with Crippen LogP contribution >= 0.6 is 0 Å². The summed E-state index contributed by atoms with van der Waals surface area (Å²) in [6, 6.07) is 7.54. The molecule has 0 atom stereocenters. The van der Waals surface area contributed by atoms with Crippen molar-refractivity contribution in [2.24, 2.45) is 0 Å². The first-order valence-corrected chi connectivity index (χ1v) is 4.94. The second kappa shape index (κ2) is 4.13. The Labute approximate surface area is 86.5 Å². The van der Waals surface area contributed by atoms with Crippen LogP contribution in [0.5, 0.6) is 0 Å². The Morgan fingerprint density at radius 1 is 1.33 bits per heavy atom. The molecule has 0 saturated heterocycles. The number of H-pyrrole nitrogens is 1. The molecule has 0 unspecified atom stereocenters. The number of aromatic amines is 1. The van der Waals surface area contributed by atoms with E-state index in [9.17, 15) is 9.59 Å². The van der Waals surface area contributed by atoms with E-state index in [4.69, 9.17) is 0 Å². The Kier molecular flexibility index (Phi) is 2.67. The maximum Gasteiger partial charge on any atom is 0.326 e. The third kappa shape index (κ3) is 1.83. The van der Waals surface area contributed by atoms with E-state index in [-0.39, 0.29) is 5.69 Å². The highest BCUT2D eigenvalue weighted by Crippen LogP contribution is 2.09. The zero-order valence-electron chi connectivity index (χ0n) is 8.27. The molecule has 0 aliphatic heterocycles. The van der Waals surface area contributed by atoms with E-state index in [2.05, 4.69) is 4.98 Å². The van der Waals surface area contributed by atoms with E-state index >= 15 is 0 Å². The second-order valence-electron chi connectivity index (χ2n) is 3.41. The fraction of sp³-hybridized carbons (Fsp3) is 0.273. The maximum atomic E-state index is 11.6. The molecule has 78 valence electrons. The predicted octanol–water partition coefficient (Wildman–Crippen LogP) is 1.31. The highest BCUT2D eigenvalue weighted by molar-refractivity contribution is 5.74. The number of hydrogen-bond donors (Lipinski definition) is 1. The molecule has 1 N–H and O–H groups in total. The summed E-state index contributed by atoms with van der Waals surface area (Å²) in [5, 5.41) is 0. The van der Waals surface area contributed by atoms with Gasteiger partial charge in [-0.15, -0.1) is 0 Å². The number of imidazole rings is 1. The number of carbonyl (C=O) groups is 1. The van der Waals surface area contributed by atoms with E-state index < -0.39 is 0 Å². The molecule has 1 heterocycles. The lowest BCUT2D eigenvalue weighted by molar-refractivity contribution is -0.107. The first kappa shape index (κ1) is 9.71. The van der Waals surface area contributed by atoms with E-state index in [0.717, 1.165) is 17.3 Å². The van der Waals surface area contributed by atoms with Crippen LogP contribution in [0.15, 0.2) is 29.1 Å². The Bertz CT molecular complexity index is 525. The third-order valence-corrected chi connectivity index (χ3v) is 2.39. The van der Waals surface area contributed by atoms with Gasteiger partial charge in [-0.05, 0) is 18.6 Å². The molecular weight excluding hydrogens is 192 g/mol. The Hall–Kier alpha value is -1.84. The van der Waals surface area contributed by atoms with Crippen molar-refractivity contribution in [1.29, 1.82) is 0 Å². The molecular formula is C11H12N2O2. The monoisotopic (exact) mass is 204 g/mol. The summed E-state index contributed by atoms with van der Waals surface area (Å²) in [6.45, 7) is 0.585. The minimum absolute atomic E-state index is 0.109. The number of unbranched alkanes of at least 4 members (excludes halogenated alkanes) is 1. The molecule has 4 heteroatoms. The van der Waals surface area contributed by atoms with Gasteiger partial charge in [0.25, 0.3) is 0 Å². The molecule has 0 amide bonds. The van der Waals surface area contributed by atoms with Gasteiger partial charge in [0.1, 0.15) is 6.29 Å². The van der Waals surface area contributed by atoms with Crippen LogP contribution in [-0.4, -0.2) is 15.8 Å². The number of rotatable bonds is 4. The molecule has 4 nitrogen and oxygen atoms in total. The van der Waals surface area contributed by atoms with Crippen molar-refractivity contribution in [3.63, 3.8) is 0 Å². The van der Waals surface area contributed by atoms with Gasteiger partial charge in [-0.3, -0.25) is 4.57 Å². The second-order valence-corrected chi connectivity index (χ2v) is 3.41. The minimum atomic E-state index is -0.109. The highest BCUT2D eigenvalue weighted by Gasteiger charge is 2.04. The zero-order valence-corrected chi connectivity index (χ0v) is 8.27. The number of hydrogen-bond acceptors (Lipinski definition) is 2. The van der Waals surface area contributed by atoms with Crippen molar-refractivity contribution in [2.45, 2.75) is 19.4 Å². The molecule has 0 bridgehead atoms. The number of nitrogens with zero attached hydrogens (tertiary/aromatic N) is 1. The van der Waals surface area contributed by atoms with Crippen LogP contribution in [0.25, 0.3) is 11.0 Å². The number of aldehydes is 1. The largest absolute Gasteiger partial charge is 0.326 e. The summed E-state index contributed by atoms with van der Waals surface area (Å²) in [7, 11) is 0. The molecule has 0 aliphatic carbocycles. The third-order valence-electron chi connectivity index (χ3n) is 2.39. The van der Waals surface area contributed by atoms with Gasteiger partial charge in [0.2, 0.25) is 0 Å². The van der Waals surface area contributed by atoms with E-state index in [1.165, 1.54) is 0 Å². The molecule has 1 aromatic heterocycles. The van der Waals surface area contributed by atoms with Crippen LogP contribution in [0.1, 0.15) is 12.8 Å². The van der Waals surface area contributed by atoms with E-state index in [1.807, 2.05) is 24.3 Å². The lowest BCUT2D eigenvalue weighted by Gasteiger charge is -2.00. The average molecular weight is 204 g/mol. The number of fused-ring (bicyclic) bond motifs is 1. The minimum Gasteiger partial charge on any atom is -0.306 e. The summed E-state index contributed by atoms with van der Waals surface area (Å²) < 4.78 is 1.67. The topological polar surface area (TPSA) is 54.9 Å². The standard InChI is InChI=1S/C11H12N2O2/c14-8-4-3-7-13-10-6-2-1-5-9(10)12-11(13)15/h1-2,5-6,8H,3-4,7H2,(H,12,15). The predicted molar refractivity (Wildman–Crippen MR) is 57.9 cm³/mol. The molecule has 0 fully saturated rings. The van der Waals surface area contributed by atoms with Gasteiger partial charge < -0.3 is 9.78 Å². The molecule has 0 aliphatic rings. The van der Waals surface area contributed by atoms with Gasteiger partial charge in [-0.1, -0.05) is 12.1 Å². The van der Waals surface area contributed by atoms with Crippen molar-refractivity contribution in [2.75, 3.05) is 0 Å². The molecule has 0 saturated carbocycles. The first-order valence-electron chi connectivity index (χ1n) is 4.94. The first-order chi connectivity index (χ1) is 7.33. The van der Waals surface area contributed by atoms with Crippen LogP contribution in [0.2, 0.25) is 0 Å². The van der Waals surface area contributed by atoms with Gasteiger partial charge in [0.05, 0.1) is 11.0 Å². The summed E-state index contributed by atoms with van der Waals surface area (Å²) in [6.07, 6.45) is 2.07. The number of nitrogens with one attached hydrogen (secondary N) is 1. The van der Waals surface area contributed by atoms with Crippen LogP contribution in [0, 0.1) is 0 Å². The van der Waals surface area contributed by atoms with Gasteiger partial charge in [0, 0.05) is 13.0 Å². The van der Waals surface area contributed by atoms with Gasteiger partial charge in [0.15, 0.2) is 0 Å². The van der Waals surface area contributed by atoms with Gasteiger partial charge >= 0.3 is 5.69 Å². The summed E-state index contributed by atoms with van der Waals surface area (Å²) in [4.78, 5) is 24.5. The Morgan fingerprint density at radius 2 is 2.13 bits per heavy atom. The molecule has 1 aromatic carbocycles. The SMILES string of the molecule is O=CCCCn1c(=O)[nH]c2ccccc21. The quantitative estimate of drug-likeness (QED) is 0.603. The van der Waals surface area contributed by atoms with Crippen LogP contribution < -0.4 is 5.69 Å². The van der Waals surface area contributed by atoms with E-state index in [1.54, 1.807) is 4.57 Å². The number of carbonyl (C=O) groups excluding carboxylic acids is 1. The number of aryl methyl sites for hydroxylation is 1. The lowest BCUT2D eigenvalue weighted by atomic mass is 10.3. The Morgan fingerprint density at radius 3 is 2.93 bits per heavy atom. The maximum absolute atomic E-state index is 11.6. The van der Waals surface area contributed by atoms with Crippen molar-refractivity contribution in [3.8, 4) is 0 Å². The molecule has 0 radical (unpaired) electrons. The molecule has 2 aromatic rings. The number of aromatic nitrogens is 2. The average Bonchev–Trinajstić information content (AvgIpc) is 2.56. The normalized spacial score (nSPS) is 10.7. The highest BCUT2D eigenvalue weighted by atomic mass is 16.1. The molecule has 15 heavy (non-hydrogen) atoms. The number of benzene rings is 1. The molecule has 0 spiro atoms. The fourth-order valence-corrected chi connectivity index (χ4v) is 1.66. The van der Waals surface area contributed by atoms with Crippen molar-refractivity contribution in [1.82, 2.24) is 9.55 Å². The van der Waals surface area contributed by atoms with Crippen molar-refractivity contribution < 1.29 is 4.79 Å². The number of para-hydroxylation sites is 2.